The largest absolute Gasteiger partial charge is 0.246 e. The standard InChI is InChI=1S/C10H17NS3/c1-10(2,3)8-6-14-9(11-8)4-5-13-7-12/h6,12H,4-5,7H2,1-3H3. The second-order valence-corrected chi connectivity index (χ2v) is 6.96. The number of thioether (sulfide) groups is 1. The van der Waals surface area contributed by atoms with E-state index in [4.69, 9.17) is 0 Å². The van der Waals surface area contributed by atoms with E-state index in [0.29, 0.717) is 0 Å². The molecule has 0 unspecified atom stereocenters. The minimum absolute atomic E-state index is 0.186. The van der Waals surface area contributed by atoms with Crippen LogP contribution in [-0.4, -0.2) is 15.8 Å². The van der Waals surface area contributed by atoms with Crippen LogP contribution in [0.4, 0.5) is 0 Å². The molecule has 0 aliphatic rings. The first-order valence-electron chi connectivity index (χ1n) is 4.67. The van der Waals surface area contributed by atoms with Gasteiger partial charge in [-0.15, -0.1) is 11.3 Å². The van der Waals surface area contributed by atoms with Crippen LogP contribution < -0.4 is 0 Å². The smallest absolute Gasteiger partial charge is 0.0936 e. The Morgan fingerprint density at radius 3 is 2.71 bits per heavy atom. The van der Waals surface area contributed by atoms with E-state index in [2.05, 4.69) is 43.8 Å². The first-order chi connectivity index (χ1) is 6.54. The summed E-state index contributed by atoms with van der Waals surface area (Å²) >= 11 is 7.79. The fourth-order valence-electron chi connectivity index (χ4n) is 0.994. The lowest BCUT2D eigenvalue weighted by Gasteiger charge is -2.14. The van der Waals surface area contributed by atoms with Crippen molar-refractivity contribution in [2.75, 3.05) is 10.8 Å². The third kappa shape index (κ3) is 3.83. The predicted molar refractivity (Wildman–Crippen MR) is 70.8 cm³/mol. The van der Waals surface area contributed by atoms with E-state index in [0.717, 1.165) is 17.3 Å². The number of rotatable bonds is 4. The normalized spacial score (nSPS) is 12.0. The van der Waals surface area contributed by atoms with Gasteiger partial charge in [0.25, 0.3) is 0 Å². The molecule has 0 aliphatic carbocycles. The first kappa shape index (κ1) is 12.4. The number of hydrogen-bond donors (Lipinski definition) is 1. The van der Waals surface area contributed by atoms with Gasteiger partial charge in [-0.05, 0) is 0 Å². The van der Waals surface area contributed by atoms with E-state index in [9.17, 15) is 0 Å². The second-order valence-electron chi connectivity index (χ2n) is 4.16. The van der Waals surface area contributed by atoms with E-state index in [1.165, 1.54) is 10.7 Å². The van der Waals surface area contributed by atoms with Gasteiger partial charge in [0.2, 0.25) is 0 Å². The average molecular weight is 247 g/mol. The maximum absolute atomic E-state index is 4.63. The van der Waals surface area contributed by atoms with Gasteiger partial charge in [0.05, 0.1) is 10.7 Å². The first-order valence-corrected chi connectivity index (χ1v) is 7.34. The third-order valence-electron chi connectivity index (χ3n) is 1.87. The highest BCUT2D eigenvalue weighted by Gasteiger charge is 2.16. The molecule has 0 radical (unpaired) electrons. The summed E-state index contributed by atoms with van der Waals surface area (Å²) in [6.07, 6.45) is 1.08. The Bertz CT molecular complexity index is 275. The summed E-state index contributed by atoms with van der Waals surface area (Å²) in [5.74, 6) is 1.13. The highest BCUT2D eigenvalue weighted by atomic mass is 32.2. The molecule has 1 rings (SSSR count). The molecular formula is C10H17NS3. The Labute approximate surface area is 100 Å². The number of hydrogen-bond acceptors (Lipinski definition) is 4. The molecule has 0 saturated heterocycles. The van der Waals surface area contributed by atoms with E-state index < -0.39 is 0 Å². The molecule has 1 aromatic rings. The van der Waals surface area contributed by atoms with Gasteiger partial charge in [0.15, 0.2) is 0 Å². The van der Waals surface area contributed by atoms with Crippen molar-refractivity contribution in [3.05, 3.63) is 16.1 Å². The minimum Gasteiger partial charge on any atom is -0.246 e. The number of thiazole rings is 1. The molecule has 0 N–H and O–H groups in total. The monoisotopic (exact) mass is 247 g/mol. The van der Waals surface area contributed by atoms with E-state index >= 15 is 0 Å². The fourth-order valence-corrected chi connectivity index (χ4v) is 3.00. The van der Waals surface area contributed by atoms with E-state index in [1.807, 2.05) is 11.8 Å². The molecule has 0 spiro atoms. The quantitative estimate of drug-likeness (QED) is 0.496. The van der Waals surface area contributed by atoms with E-state index in [-0.39, 0.29) is 5.41 Å². The molecule has 1 aromatic heterocycles. The van der Waals surface area contributed by atoms with Crippen LogP contribution in [0, 0.1) is 0 Å². The summed E-state index contributed by atoms with van der Waals surface area (Å²) in [5.41, 5.74) is 1.40. The van der Waals surface area contributed by atoms with Crippen molar-refractivity contribution in [2.24, 2.45) is 0 Å². The van der Waals surface area contributed by atoms with Crippen molar-refractivity contribution in [1.29, 1.82) is 0 Å². The summed E-state index contributed by atoms with van der Waals surface area (Å²) in [6.45, 7) is 6.61. The van der Waals surface area contributed by atoms with Gasteiger partial charge in [-0.3, -0.25) is 0 Å². The molecule has 1 heterocycles. The van der Waals surface area contributed by atoms with Crippen molar-refractivity contribution in [3.63, 3.8) is 0 Å². The maximum atomic E-state index is 4.63. The van der Waals surface area contributed by atoms with Gasteiger partial charge in [-0.2, -0.15) is 24.4 Å². The number of aryl methyl sites for hydroxylation is 1. The molecule has 80 valence electrons. The van der Waals surface area contributed by atoms with Crippen molar-refractivity contribution in [2.45, 2.75) is 32.6 Å². The SMILES string of the molecule is CC(C)(C)c1csc(CCSCS)n1. The summed E-state index contributed by atoms with van der Waals surface area (Å²) < 4.78 is 0. The van der Waals surface area contributed by atoms with Crippen LogP contribution >= 0.6 is 35.7 Å². The lowest BCUT2D eigenvalue weighted by Crippen LogP contribution is -2.11. The molecule has 0 bridgehead atoms. The van der Waals surface area contributed by atoms with E-state index in [1.54, 1.807) is 11.3 Å². The molecule has 0 aromatic carbocycles. The fraction of sp³-hybridized carbons (Fsp3) is 0.700. The lowest BCUT2D eigenvalue weighted by atomic mass is 9.93. The molecule has 0 aliphatic heterocycles. The van der Waals surface area contributed by atoms with Gasteiger partial charge < -0.3 is 0 Å². The van der Waals surface area contributed by atoms with Crippen molar-refractivity contribution in [3.8, 4) is 0 Å². The Balaban J connectivity index is 2.51. The number of nitrogens with zero attached hydrogens (tertiary/aromatic N) is 1. The second kappa shape index (κ2) is 5.42. The van der Waals surface area contributed by atoms with Gasteiger partial charge >= 0.3 is 0 Å². The molecule has 0 saturated carbocycles. The lowest BCUT2D eigenvalue weighted by molar-refractivity contribution is 0.571. The predicted octanol–water partition coefficient (Wildman–Crippen LogP) is 3.60. The van der Waals surface area contributed by atoms with Crippen LogP contribution in [-0.2, 0) is 11.8 Å². The van der Waals surface area contributed by atoms with Crippen LogP contribution in [0.15, 0.2) is 5.38 Å². The molecule has 4 heteroatoms. The Morgan fingerprint density at radius 1 is 1.50 bits per heavy atom. The van der Waals surface area contributed by atoms with Crippen LogP contribution in [0.1, 0.15) is 31.5 Å². The van der Waals surface area contributed by atoms with Gasteiger partial charge in [-0.1, -0.05) is 20.8 Å². The molecule has 0 amide bonds. The third-order valence-corrected chi connectivity index (χ3v) is 4.00. The Kier molecular flexibility index (Phi) is 4.80. The minimum atomic E-state index is 0.186. The van der Waals surface area contributed by atoms with Crippen LogP contribution in [0.5, 0.6) is 0 Å². The zero-order valence-electron chi connectivity index (χ0n) is 8.91. The highest BCUT2D eigenvalue weighted by Crippen LogP contribution is 2.24. The number of thiol groups is 1. The molecule has 0 fully saturated rings. The summed E-state index contributed by atoms with van der Waals surface area (Å²) in [6, 6.07) is 0. The van der Waals surface area contributed by atoms with Crippen LogP contribution in [0.3, 0.4) is 0 Å². The summed E-state index contributed by atoms with van der Waals surface area (Å²) in [5, 5.41) is 4.34. The number of aromatic nitrogens is 1. The molecule has 1 nitrogen and oxygen atoms in total. The van der Waals surface area contributed by atoms with Crippen molar-refractivity contribution in [1.82, 2.24) is 4.98 Å². The topological polar surface area (TPSA) is 12.9 Å². The van der Waals surface area contributed by atoms with Crippen LogP contribution in [0.25, 0.3) is 0 Å². The van der Waals surface area contributed by atoms with Crippen molar-refractivity contribution < 1.29 is 0 Å². The Morgan fingerprint density at radius 2 is 2.21 bits per heavy atom. The molecule has 14 heavy (non-hydrogen) atoms. The molecular weight excluding hydrogens is 230 g/mol. The molecule has 0 atom stereocenters. The zero-order chi connectivity index (χ0) is 10.6. The Hall–Kier alpha value is 0.330. The maximum Gasteiger partial charge on any atom is 0.0936 e. The average Bonchev–Trinajstić information content (AvgIpc) is 2.52. The van der Waals surface area contributed by atoms with Gasteiger partial charge in [0, 0.05) is 28.1 Å². The van der Waals surface area contributed by atoms with Crippen molar-refractivity contribution >= 4 is 35.7 Å². The summed E-state index contributed by atoms with van der Waals surface area (Å²) in [7, 11) is 0. The van der Waals surface area contributed by atoms with Gasteiger partial charge in [0.1, 0.15) is 0 Å². The van der Waals surface area contributed by atoms with Crippen LogP contribution in [0.2, 0.25) is 0 Å². The summed E-state index contributed by atoms with van der Waals surface area (Å²) in [4.78, 5) is 4.63. The highest BCUT2D eigenvalue weighted by molar-refractivity contribution is 8.09. The zero-order valence-corrected chi connectivity index (χ0v) is 11.4. The van der Waals surface area contributed by atoms with Gasteiger partial charge in [-0.25, -0.2) is 4.98 Å².